The average Bonchev–Trinajstić information content (AvgIpc) is 2.87. The minimum atomic E-state index is 0.520. The van der Waals surface area contributed by atoms with Crippen LogP contribution < -0.4 is 5.73 Å². The molecule has 1 rings (SSSR count). The van der Waals surface area contributed by atoms with Gasteiger partial charge in [-0.15, -0.1) is 0 Å². The molecular weight excluding hydrogens is 176 g/mol. The number of aliphatic imine (C=N–C) groups is 1. The van der Waals surface area contributed by atoms with Gasteiger partial charge in [0.2, 0.25) is 0 Å². The zero-order valence-corrected chi connectivity index (χ0v) is 9.53. The summed E-state index contributed by atoms with van der Waals surface area (Å²) in [5.74, 6) is 0.700. The highest BCUT2D eigenvalue weighted by atomic mass is 15.2. The third-order valence-corrected chi connectivity index (χ3v) is 2.35. The number of rotatable bonds is 5. The van der Waals surface area contributed by atoms with E-state index in [1.54, 1.807) is 0 Å². The molecule has 1 aliphatic rings. The van der Waals surface area contributed by atoms with Crippen molar-refractivity contribution >= 4 is 5.96 Å². The zero-order valence-electron chi connectivity index (χ0n) is 9.53. The second-order valence-electron chi connectivity index (χ2n) is 4.30. The van der Waals surface area contributed by atoms with E-state index in [-0.39, 0.29) is 0 Å². The number of nitrogens with zero attached hydrogens (tertiary/aromatic N) is 3. The quantitative estimate of drug-likeness (QED) is 0.512. The van der Waals surface area contributed by atoms with Gasteiger partial charge in [0, 0.05) is 13.6 Å². The first-order chi connectivity index (χ1) is 6.59. The third-order valence-electron chi connectivity index (χ3n) is 2.35. The topological polar surface area (TPSA) is 44.9 Å². The van der Waals surface area contributed by atoms with Crippen molar-refractivity contribution in [2.45, 2.75) is 25.3 Å². The van der Waals surface area contributed by atoms with Crippen molar-refractivity contribution in [1.29, 1.82) is 0 Å². The molecule has 0 aromatic rings. The van der Waals surface area contributed by atoms with Crippen molar-refractivity contribution in [3.63, 3.8) is 0 Å². The van der Waals surface area contributed by atoms with Crippen LogP contribution in [0.4, 0.5) is 0 Å². The SMILES string of the molecule is CN(C)CCCN(C)C(N)=NC1CC1. The van der Waals surface area contributed by atoms with E-state index >= 15 is 0 Å². The Morgan fingerprint density at radius 3 is 2.43 bits per heavy atom. The molecule has 4 heteroatoms. The van der Waals surface area contributed by atoms with Gasteiger partial charge in [0.05, 0.1) is 6.04 Å². The van der Waals surface area contributed by atoms with Crippen LogP contribution in [0, 0.1) is 0 Å². The highest BCUT2D eigenvalue weighted by Crippen LogP contribution is 2.23. The van der Waals surface area contributed by atoms with Crippen molar-refractivity contribution < 1.29 is 0 Å². The summed E-state index contributed by atoms with van der Waals surface area (Å²) in [7, 11) is 6.18. The summed E-state index contributed by atoms with van der Waals surface area (Å²) in [6, 6.07) is 0.520. The van der Waals surface area contributed by atoms with Crippen molar-refractivity contribution in [2.24, 2.45) is 10.7 Å². The first-order valence-electron chi connectivity index (χ1n) is 5.28. The van der Waals surface area contributed by atoms with Gasteiger partial charge in [0.25, 0.3) is 0 Å². The first kappa shape index (κ1) is 11.3. The fourth-order valence-electron chi connectivity index (χ4n) is 1.23. The van der Waals surface area contributed by atoms with Crippen LogP contribution in [-0.4, -0.2) is 56.0 Å². The van der Waals surface area contributed by atoms with Crippen LogP contribution in [0.1, 0.15) is 19.3 Å². The molecule has 4 nitrogen and oxygen atoms in total. The van der Waals surface area contributed by atoms with Crippen molar-refractivity contribution in [2.75, 3.05) is 34.2 Å². The number of hydrogen-bond acceptors (Lipinski definition) is 2. The Bertz CT molecular complexity index is 196. The molecule has 0 aromatic carbocycles. The van der Waals surface area contributed by atoms with Crippen LogP contribution in [0.15, 0.2) is 4.99 Å². The molecular formula is C10H22N4. The van der Waals surface area contributed by atoms with Gasteiger partial charge in [0.15, 0.2) is 5.96 Å². The Hall–Kier alpha value is -0.770. The van der Waals surface area contributed by atoms with E-state index in [2.05, 4.69) is 24.0 Å². The Morgan fingerprint density at radius 1 is 1.29 bits per heavy atom. The summed E-state index contributed by atoms with van der Waals surface area (Å²) in [6.45, 7) is 2.08. The molecule has 0 unspecified atom stereocenters. The molecule has 2 N–H and O–H groups in total. The Morgan fingerprint density at radius 2 is 1.93 bits per heavy atom. The van der Waals surface area contributed by atoms with Gasteiger partial charge in [-0.25, -0.2) is 4.99 Å². The summed E-state index contributed by atoms with van der Waals surface area (Å²) in [6.07, 6.45) is 3.56. The molecule has 0 bridgehead atoms. The normalized spacial score (nSPS) is 17.6. The summed E-state index contributed by atoms with van der Waals surface area (Å²) >= 11 is 0. The molecule has 0 atom stereocenters. The fraction of sp³-hybridized carbons (Fsp3) is 0.900. The first-order valence-corrected chi connectivity index (χ1v) is 5.28. The summed E-state index contributed by atoms with van der Waals surface area (Å²) < 4.78 is 0. The third kappa shape index (κ3) is 4.46. The second kappa shape index (κ2) is 5.20. The lowest BCUT2D eigenvalue weighted by Crippen LogP contribution is -2.36. The monoisotopic (exact) mass is 198 g/mol. The Labute approximate surface area is 86.8 Å². The lowest BCUT2D eigenvalue weighted by molar-refractivity contribution is 0.368. The minimum absolute atomic E-state index is 0.520. The number of nitrogens with two attached hydrogens (primary N) is 1. The van der Waals surface area contributed by atoms with Crippen LogP contribution in [0.3, 0.4) is 0 Å². The summed E-state index contributed by atoms with van der Waals surface area (Å²) in [5, 5.41) is 0. The molecule has 1 aliphatic carbocycles. The fourth-order valence-corrected chi connectivity index (χ4v) is 1.23. The van der Waals surface area contributed by atoms with Crippen LogP contribution in [0.5, 0.6) is 0 Å². The van der Waals surface area contributed by atoms with E-state index in [4.69, 9.17) is 5.73 Å². The van der Waals surface area contributed by atoms with Crippen molar-refractivity contribution in [1.82, 2.24) is 9.80 Å². The van der Waals surface area contributed by atoms with Crippen LogP contribution in [0.2, 0.25) is 0 Å². The molecule has 0 aromatic heterocycles. The van der Waals surface area contributed by atoms with E-state index in [0.717, 1.165) is 19.5 Å². The van der Waals surface area contributed by atoms with Crippen LogP contribution in [0.25, 0.3) is 0 Å². The molecule has 1 fully saturated rings. The van der Waals surface area contributed by atoms with Crippen LogP contribution >= 0.6 is 0 Å². The zero-order chi connectivity index (χ0) is 10.6. The Kier molecular flexibility index (Phi) is 4.20. The van der Waals surface area contributed by atoms with Crippen molar-refractivity contribution in [3.8, 4) is 0 Å². The van der Waals surface area contributed by atoms with Crippen molar-refractivity contribution in [3.05, 3.63) is 0 Å². The van der Waals surface area contributed by atoms with Gasteiger partial charge in [0.1, 0.15) is 0 Å². The lowest BCUT2D eigenvalue weighted by atomic mass is 10.4. The van der Waals surface area contributed by atoms with Gasteiger partial charge in [-0.3, -0.25) is 0 Å². The molecule has 0 radical (unpaired) electrons. The molecule has 14 heavy (non-hydrogen) atoms. The minimum Gasteiger partial charge on any atom is -0.370 e. The maximum atomic E-state index is 5.84. The van der Waals surface area contributed by atoms with E-state index in [1.807, 2.05) is 11.9 Å². The van der Waals surface area contributed by atoms with Gasteiger partial charge in [-0.1, -0.05) is 0 Å². The highest BCUT2D eigenvalue weighted by molar-refractivity contribution is 5.78. The van der Waals surface area contributed by atoms with Gasteiger partial charge >= 0.3 is 0 Å². The van der Waals surface area contributed by atoms with Crippen LogP contribution in [-0.2, 0) is 0 Å². The number of hydrogen-bond donors (Lipinski definition) is 1. The van der Waals surface area contributed by atoms with Gasteiger partial charge < -0.3 is 15.5 Å². The summed E-state index contributed by atoms with van der Waals surface area (Å²) in [4.78, 5) is 8.62. The smallest absolute Gasteiger partial charge is 0.191 e. The maximum Gasteiger partial charge on any atom is 0.191 e. The summed E-state index contributed by atoms with van der Waals surface area (Å²) in [5.41, 5.74) is 5.84. The molecule has 0 amide bonds. The van der Waals surface area contributed by atoms with E-state index in [1.165, 1.54) is 12.8 Å². The van der Waals surface area contributed by atoms with E-state index in [9.17, 15) is 0 Å². The Balaban J connectivity index is 2.16. The van der Waals surface area contributed by atoms with Gasteiger partial charge in [-0.05, 0) is 39.9 Å². The molecule has 0 spiro atoms. The van der Waals surface area contributed by atoms with E-state index in [0.29, 0.717) is 12.0 Å². The second-order valence-corrected chi connectivity index (χ2v) is 4.30. The molecule has 1 saturated carbocycles. The molecule has 0 saturated heterocycles. The largest absolute Gasteiger partial charge is 0.370 e. The number of guanidine groups is 1. The van der Waals surface area contributed by atoms with Gasteiger partial charge in [-0.2, -0.15) is 0 Å². The molecule has 0 heterocycles. The molecule has 0 aliphatic heterocycles. The van der Waals surface area contributed by atoms with E-state index < -0.39 is 0 Å². The lowest BCUT2D eigenvalue weighted by Gasteiger charge is -2.19. The maximum absolute atomic E-state index is 5.84. The standard InChI is InChI=1S/C10H22N4/c1-13(2)7-4-8-14(3)10(11)12-9-5-6-9/h9H,4-8H2,1-3H3,(H2,11,12). The predicted molar refractivity (Wildman–Crippen MR) is 60.4 cm³/mol. The highest BCUT2D eigenvalue weighted by Gasteiger charge is 2.21. The molecule has 82 valence electrons. The predicted octanol–water partition coefficient (Wildman–Crippen LogP) is 0.347. The average molecular weight is 198 g/mol.